The minimum Gasteiger partial charge on any atom is -0.312 e. The van der Waals surface area contributed by atoms with E-state index < -0.39 is 10.0 Å². The van der Waals surface area contributed by atoms with E-state index in [1.54, 1.807) is 17.0 Å². The maximum Gasteiger partial charge on any atom is 0.242 e. The Morgan fingerprint density at radius 2 is 1.75 bits per heavy atom. The summed E-state index contributed by atoms with van der Waals surface area (Å²) in [6.45, 7) is 0.691. The molecule has 0 radical (unpaired) electrons. The summed E-state index contributed by atoms with van der Waals surface area (Å²) in [5, 5.41) is 0.179. The van der Waals surface area contributed by atoms with Crippen molar-refractivity contribution in [2.24, 2.45) is 5.92 Å². The molecule has 5 nitrogen and oxygen atoms in total. The molecule has 7 heteroatoms. The van der Waals surface area contributed by atoms with E-state index in [1.165, 1.54) is 12.1 Å². The quantitative estimate of drug-likeness (QED) is 0.887. The van der Waals surface area contributed by atoms with Crippen LogP contribution in [0.15, 0.2) is 59.5 Å². The number of nitrogens with zero attached hydrogens (tertiary/aromatic N) is 1. The summed E-state index contributed by atoms with van der Waals surface area (Å²) in [6, 6.07) is 15.7. The van der Waals surface area contributed by atoms with Crippen LogP contribution in [-0.2, 0) is 14.8 Å². The van der Waals surface area contributed by atoms with Crippen molar-refractivity contribution in [1.82, 2.24) is 4.72 Å². The molecule has 0 spiro atoms. The molecule has 0 unspecified atom stereocenters. The van der Waals surface area contributed by atoms with E-state index in [0.717, 1.165) is 5.69 Å². The second kappa shape index (κ2) is 6.93. The van der Waals surface area contributed by atoms with Gasteiger partial charge in [0.05, 0.1) is 5.02 Å². The fourth-order valence-electron chi connectivity index (χ4n) is 2.74. The number of rotatable bonds is 5. The Balaban J connectivity index is 1.66. The first-order chi connectivity index (χ1) is 11.5. The monoisotopic (exact) mass is 364 g/mol. The first-order valence-electron chi connectivity index (χ1n) is 7.57. The van der Waals surface area contributed by atoms with Crippen LogP contribution in [0.4, 0.5) is 5.69 Å². The predicted molar refractivity (Wildman–Crippen MR) is 93.5 cm³/mol. The van der Waals surface area contributed by atoms with Crippen molar-refractivity contribution in [3.05, 3.63) is 59.6 Å². The molecule has 2 aromatic rings. The summed E-state index contributed by atoms with van der Waals surface area (Å²) in [5.41, 5.74) is 0.832. The molecule has 1 amide bonds. The zero-order valence-electron chi connectivity index (χ0n) is 12.9. The van der Waals surface area contributed by atoms with E-state index in [0.29, 0.717) is 13.0 Å². The number of carbonyl (C=O) groups excluding carboxylic acids is 1. The number of hydrogen-bond acceptors (Lipinski definition) is 3. The van der Waals surface area contributed by atoms with E-state index in [2.05, 4.69) is 4.72 Å². The van der Waals surface area contributed by atoms with Gasteiger partial charge >= 0.3 is 0 Å². The van der Waals surface area contributed by atoms with Crippen molar-refractivity contribution in [2.75, 3.05) is 18.0 Å². The number of benzene rings is 2. The highest BCUT2D eigenvalue weighted by molar-refractivity contribution is 7.89. The van der Waals surface area contributed by atoms with Gasteiger partial charge in [0.15, 0.2) is 0 Å². The van der Waals surface area contributed by atoms with E-state index in [-0.39, 0.29) is 28.3 Å². The van der Waals surface area contributed by atoms with E-state index in [9.17, 15) is 13.2 Å². The molecule has 1 atom stereocenters. The van der Waals surface area contributed by atoms with Crippen LogP contribution in [-0.4, -0.2) is 27.4 Å². The lowest BCUT2D eigenvalue weighted by molar-refractivity contribution is -0.117. The van der Waals surface area contributed by atoms with Gasteiger partial charge in [0, 0.05) is 25.2 Å². The first kappa shape index (κ1) is 17.0. The summed E-state index contributed by atoms with van der Waals surface area (Å²) in [5.74, 6) is -0.0712. The van der Waals surface area contributed by atoms with Crippen molar-refractivity contribution in [3.8, 4) is 0 Å². The van der Waals surface area contributed by atoms with Crippen LogP contribution in [0.2, 0.25) is 5.02 Å². The van der Waals surface area contributed by atoms with Gasteiger partial charge in [0.25, 0.3) is 0 Å². The Morgan fingerprint density at radius 3 is 2.46 bits per heavy atom. The summed E-state index contributed by atoms with van der Waals surface area (Å²) in [6.07, 6.45) is 0.319. The van der Waals surface area contributed by atoms with Crippen molar-refractivity contribution in [1.29, 1.82) is 0 Å². The Hall–Kier alpha value is -1.89. The van der Waals surface area contributed by atoms with E-state index in [1.807, 2.05) is 30.3 Å². The molecule has 2 aromatic carbocycles. The molecule has 126 valence electrons. The molecule has 3 rings (SSSR count). The molecule has 1 N–H and O–H groups in total. The lowest BCUT2D eigenvalue weighted by Crippen LogP contribution is -2.31. The van der Waals surface area contributed by atoms with E-state index in [4.69, 9.17) is 11.6 Å². The zero-order valence-corrected chi connectivity index (χ0v) is 14.4. The topological polar surface area (TPSA) is 66.5 Å². The lowest BCUT2D eigenvalue weighted by Gasteiger charge is -2.17. The average molecular weight is 365 g/mol. The number of amides is 1. The molecule has 1 aliphatic rings. The molecule has 0 saturated carbocycles. The molecular weight excluding hydrogens is 348 g/mol. The van der Waals surface area contributed by atoms with Gasteiger partial charge in [-0.2, -0.15) is 0 Å². The van der Waals surface area contributed by atoms with Gasteiger partial charge in [-0.3, -0.25) is 4.79 Å². The number of para-hydroxylation sites is 1. The molecule has 1 heterocycles. The van der Waals surface area contributed by atoms with E-state index >= 15 is 0 Å². The van der Waals surface area contributed by atoms with Gasteiger partial charge < -0.3 is 4.90 Å². The van der Waals surface area contributed by atoms with Crippen LogP contribution < -0.4 is 9.62 Å². The van der Waals surface area contributed by atoms with Gasteiger partial charge in [-0.05, 0) is 30.2 Å². The van der Waals surface area contributed by atoms with Crippen LogP contribution in [0.3, 0.4) is 0 Å². The normalized spacial score (nSPS) is 18.1. The highest BCUT2D eigenvalue weighted by Gasteiger charge is 2.31. The van der Waals surface area contributed by atoms with Crippen LogP contribution in [0, 0.1) is 5.92 Å². The van der Waals surface area contributed by atoms with Gasteiger partial charge in [0.2, 0.25) is 15.9 Å². The molecule has 1 saturated heterocycles. The van der Waals surface area contributed by atoms with Crippen LogP contribution >= 0.6 is 11.6 Å². The number of carbonyl (C=O) groups is 1. The van der Waals surface area contributed by atoms with Crippen LogP contribution in [0.25, 0.3) is 0 Å². The fraction of sp³-hybridized carbons (Fsp3) is 0.235. The molecule has 0 aliphatic carbocycles. The highest BCUT2D eigenvalue weighted by Crippen LogP contribution is 2.25. The van der Waals surface area contributed by atoms with Gasteiger partial charge in [-0.25, -0.2) is 13.1 Å². The third-order valence-electron chi connectivity index (χ3n) is 3.96. The predicted octanol–water partition coefficient (Wildman–Crippen LogP) is 2.67. The molecule has 24 heavy (non-hydrogen) atoms. The minimum absolute atomic E-state index is 0.00291. The Kier molecular flexibility index (Phi) is 4.89. The summed E-state index contributed by atoms with van der Waals surface area (Å²) < 4.78 is 27.3. The Labute approximate surface area is 146 Å². The second-order valence-corrected chi connectivity index (χ2v) is 7.83. The molecule has 0 aromatic heterocycles. The Bertz CT molecular complexity index is 840. The largest absolute Gasteiger partial charge is 0.312 e. The maximum absolute atomic E-state index is 12.3. The van der Waals surface area contributed by atoms with Gasteiger partial charge in [-0.1, -0.05) is 41.9 Å². The molecule has 0 bridgehead atoms. The third kappa shape index (κ3) is 3.61. The van der Waals surface area contributed by atoms with Crippen molar-refractivity contribution in [3.63, 3.8) is 0 Å². The number of anilines is 1. The standard InChI is InChI=1S/C17H17ClN2O3S/c18-15-8-4-5-9-16(15)24(22,23)19-11-13-10-17(21)20(12-13)14-6-2-1-3-7-14/h1-9,13,19H,10-12H2/t13-/m0/s1. The summed E-state index contributed by atoms with van der Waals surface area (Å²) >= 11 is 5.95. The number of sulfonamides is 1. The van der Waals surface area contributed by atoms with Crippen molar-refractivity contribution < 1.29 is 13.2 Å². The van der Waals surface area contributed by atoms with Crippen LogP contribution in [0.1, 0.15) is 6.42 Å². The number of halogens is 1. The average Bonchev–Trinajstić information content (AvgIpc) is 2.95. The smallest absolute Gasteiger partial charge is 0.242 e. The van der Waals surface area contributed by atoms with Gasteiger partial charge in [-0.15, -0.1) is 0 Å². The highest BCUT2D eigenvalue weighted by atomic mass is 35.5. The zero-order chi connectivity index (χ0) is 17.2. The third-order valence-corrected chi connectivity index (χ3v) is 5.88. The summed E-state index contributed by atoms with van der Waals surface area (Å²) in [7, 11) is -3.69. The number of nitrogens with one attached hydrogen (secondary N) is 1. The lowest BCUT2D eigenvalue weighted by atomic mass is 10.1. The van der Waals surface area contributed by atoms with Crippen molar-refractivity contribution in [2.45, 2.75) is 11.3 Å². The first-order valence-corrected chi connectivity index (χ1v) is 9.43. The van der Waals surface area contributed by atoms with Crippen molar-refractivity contribution >= 4 is 33.2 Å². The molecule has 1 fully saturated rings. The molecule has 1 aliphatic heterocycles. The minimum atomic E-state index is -3.69. The second-order valence-electron chi connectivity index (χ2n) is 5.69. The SMILES string of the molecule is O=C1C[C@@H](CNS(=O)(=O)c2ccccc2Cl)CN1c1ccccc1. The summed E-state index contributed by atoms with van der Waals surface area (Å²) in [4.78, 5) is 13.9. The number of hydrogen-bond donors (Lipinski definition) is 1. The Morgan fingerprint density at radius 1 is 1.08 bits per heavy atom. The van der Waals surface area contributed by atoms with Crippen LogP contribution in [0.5, 0.6) is 0 Å². The molecular formula is C17H17ClN2O3S. The maximum atomic E-state index is 12.3. The van der Waals surface area contributed by atoms with Gasteiger partial charge in [0.1, 0.15) is 4.90 Å². The fourth-order valence-corrected chi connectivity index (χ4v) is 4.38.